The van der Waals surface area contributed by atoms with E-state index < -0.39 is 18.6 Å². The Kier molecular flexibility index (Phi) is 3.94. The maximum atomic E-state index is 12.0. The largest absolute Gasteiger partial charge is 0.405 e. The van der Waals surface area contributed by atoms with Crippen molar-refractivity contribution in [2.24, 2.45) is 0 Å². The van der Waals surface area contributed by atoms with Crippen molar-refractivity contribution in [2.75, 3.05) is 11.9 Å². The molecule has 0 aromatic heterocycles. The Morgan fingerprint density at radius 1 is 1.45 bits per heavy atom. The van der Waals surface area contributed by atoms with E-state index in [4.69, 9.17) is 0 Å². The lowest BCUT2D eigenvalue weighted by Gasteiger charge is -2.21. The first kappa shape index (κ1) is 14.7. The monoisotopic (exact) mass is 304 g/mol. The molecule has 2 amide bonds. The molecule has 20 heavy (non-hydrogen) atoms. The molecule has 1 atom stereocenters. The molecule has 1 aromatic carbocycles. The van der Waals surface area contributed by atoms with Gasteiger partial charge >= 0.3 is 6.18 Å². The molecule has 1 aliphatic rings. The molecule has 1 aromatic rings. The second-order valence-electron chi connectivity index (χ2n) is 4.26. The zero-order valence-electron chi connectivity index (χ0n) is 10.4. The number of alkyl halides is 3. The molecule has 2 rings (SSSR count). The van der Waals surface area contributed by atoms with Crippen LogP contribution in [0.1, 0.15) is 17.3 Å². The minimum absolute atomic E-state index is 0.0726. The lowest BCUT2D eigenvalue weighted by Crippen LogP contribution is -2.34. The summed E-state index contributed by atoms with van der Waals surface area (Å²) in [6, 6.07) is 4.41. The zero-order chi connectivity index (χ0) is 14.9. The Hall–Kier alpha value is -1.70. The van der Waals surface area contributed by atoms with Crippen LogP contribution in [0.2, 0.25) is 0 Å². The van der Waals surface area contributed by atoms with Crippen LogP contribution >= 0.6 is 11.8 Å². The van der Waals surface area contributed by atoms with Crippen molar-refractivity contribution in [3.05, 3.63) is 23.8 Å². The first-order valence-corrected chi connectivity index (χ1v) is 6.61. The van der Waals surface area contributed by atoms with Gasteiger partial charge in [-0.15, -0.1) is 11.8 Å². The average molecular weight is 304 g/mol. The molecule has 0 bridgehead atoms. The summed E-state index contributed by atoms with van der Waals surface area (Å²) in [5.41, 5.74) is 0.515. The summed E-state index contributed by atoms with van der Waals surface area (Å²) in [5, 5.41) is 4.15. The smallest absolute Gasteiger partial charge is 0.343 e. The van der Waals surface area contributed by atoms with E-state index in [-0.39, 0.29) is 16.7 Å². The highest BCUT2D eigenvalue weighted by molar-refractivity contribution is 8.00. The van der Waals surface area contributed by atoms with Crippen LogP contribution in [0.4, 0.5) is 18.9 Å². The second-order valence-corrected chi connectivity index (χ2v) is 5.64. The molecule has 0 radical (unpaired) electrons. The summed E-state index contributed by atoms with van der Waals surface area (Å²) >= 11 is 1.33. The van der Waals surface area contributed by atoms with Gasteiger partial charge in [-0.2, -0.15) is 13.2 Å². The zero-order valence-corrected chi connectivity index (χ0v) is 11.2. The second kappa shape index (κ2) is 5.35. The van der Waals surface area contributed by atoms with E-state index in [0.29, 0.717) is 5.69 Å². The van der Waals surface area contributed by atoms with E-state index in [9.17, 15) is 22.8 Å². The molecule has 0 fully saturated rings. The van der Waals surface area contributed by atoms with Gasteiger partial charge in [0.1, 0.15) is 6.54 Å². The van der Waals surface area contributed by atoms with Gasteiger partial charge in [-0.3, -0.25) is 9.59 Å². The summed E-state index contributed by atoms with van der Waals surface area (Å²) < 4.78 is 36.1. The van der Waals surface area contributed by atoms with Crippen LogP contribution in [-0.4, -0.2) is 29.8 Å². The molecule has 2 N–H and O–H groups in total. The quantitative estimate of drug-likeness (QED) is 0.882. The van der Waals surface area contributed by atoms with Gasteiger partial charge in [-0.05, 0) is 25.1 Å². The topological polar surface area (TPSA) is 58.2 Å². The molecular weight excluding hydrogens is 293 g/mol. The highest BCUT2D eigenvalue weighted by Gasteiger charge is 2.28. The molecule has 0 saturated heterocycles. The summed E-state index contributed by atoms with van der Waals surface area (Å²) in [7, 11) is 0. The minimum atomic E-state index is -4.45. The van der Waals surface area contributed by atoms with Gasteiger partial charge in [0.15, 0.2) is 0 Å². The number of hydrogen-bond acceptors (Lipinski definition) is 3. The number of anilines is 1. The number of fused-ring (bicyclic) bond motifs is 1. The minimum Gasteiger partial charge on any atom is -0.343 e. The van der Waals surface area contributed by atoms with Crippen LogP contribution < -0.4 is 10.6 Å². The van der Waals surface area contributed by atoms with E-state index in [1.54, 1.807) is 18.3 Å². The van der Waals surface area contributed by atoms with E-state index in [1.807, 2.05) is 0 Å². The van der Waals surface area contributed by atoms with Crippen LogP contribution in [0.15, 0.2) is 23.1 Å². The lowest BCUT2D eigenvalue weighted by atomic mass is 10.1. The number of hydrogen-bond donors (Lipinski definition) is 2. The van der Waals surface area contributed by atoms with Gasteiger partial charge in [-0.1, -0.05) is 0 Å². The fourth-order valence-electron chi connectivity index (χ4n) is 1.63. The van der Waals surface area contributed by atoms with Crippen molar-refractivity contribution in [3.63, 3.8) is 0 Å². The van der Waals surface area contributed by atoms with E-state index in [0.717, 1.165) is 4.90 Å². The number of rotatable bonds is 2. The fourth-order valence-corrected chi connectivity index (χ4v) is 2.56. The van der Waals surface area contributed by atoms with Crippen LogP contribution in [0.25, 0.3) is 0 Å². The van der Waals surface area contributed by atoms with Crippen LogP contribution in [-0.2, 0) is 4.79 Å². The molecule has 1 aliphatic heterocycles. The third-order valence-corrected chi connectivity index (χ3v) is 3.80. The number of thioether (sulfide) groups is 1. The van der Waals surface area contributed by atoms with Crippen LogP contribution in [0.5, 0.6) is 0 Å². The van der Waals surface area contributed by atoms with Crippen molar-refractivity contribution >= 4 is 29.3 Å². The van der Waals surface area contributed by atoms with Crippen LogP contribution in [0.3, 0.4) is 0 Å². The standard InChI is InChI=1S/C12H11F3N2O2S/c1-6-10(18)17-8-4-7(2-3-9(8)20-6)11(19)16-5-12(13,14)15/h2-4,6H,5H2,1H3,(H,16,19)(H,17,18). The Morgan fingerprint density at radius 2 is 2.15 bits per heavy atom. The molecule has 108 valence electrons. The SMILES string of the molecule is CC1Sc2ccc(C(=O)NCC(F)(F)F)cc2NC1=O. The van der Waals surface area contributed by atoms with Crippen molar-refractivity contribution in [3.8, 4) is 0 Å². The third kappa shape index (κ3) is 3.44. The Balaban J connectivity index is 2.13. The van der Waals surface area contributed by atoms with Crippen molar-refractivity contribution in [2.45, 2.75) is 23.2 Å². The predicted octanol–water partition coefficient (Wildman–Crippen LogP) is 2.41. The molecule has 4 nitrogen and oxygen atoms in total. The highest BCUT2D eigenvalue weighted by atomic mass is 32.2. The first-order valence-electron chi connectivity index (χ1n) is 5.73. The van der Waals surface area contributed by atoms with Crippen molar-refractivity contribution in [1.29, 1.82) is 0 Å². The maximum absolute atomic E-state index is 12.0. The summed E-state index contributed by atoms with van der Waals surface area (Å²) in [4.78, 5) is 23.9. The van der Waals surface area contributed by atoms with Gasteiger partial charge in [0, 0.05) is 10.5 Å². The lowest BCUT2D eigenvalue weighted by molar-refractivity contribution is -0.123. The fraction of sp³-hybridized carbons (Fsp3) is 0.333. The molecule has 8 heteroatoms. The Bertz CT molecular complexity index is 560. The normalized spacial score (nSPS) is 18.2. The first-order chi connectivity index (χ1) is 9.26. The van der Waals surface area contributed by atoms with Gasteiger partial charge in [-0.25, -0.2) is 0 Å². The van der Waals surface area contributed by atoms with Gasteiger partial charge in [0.05, 0.1) is 10.9 Å². The number of carbonyl (C=O) groups is 2. The number of halogens is 3. The summed E-state index contributed by atoms with van der Waals surface area (Å²) in [6.07, 6.45) is -4.45. The van der Waals surface area contributed by atoms with E-state index in [2.05, 4.69) is 5.32 Å². The average Bonchev–Trinajstić information content (AvgIpc) is 2.36. The number of nitrogens with one attached hydrogen (secondary N) is 2. The molecule has 0 saturated carbocycles. The van der Waals surface area contributed by atoms with E-state index >= 15 is 0 Å². The van der Waals surface area contributed by atoms with Gasteiger partial charge in [0.25, 0.3) is 5.91 Å². The predicted molar refractivity (Wildman–Crippen MR) is 68.8 cm³/mol. The number of amides is 2. The number of carbonyl (C=O) groups excluding carboxylic acids is 2. The summed E-state index contributed by atoms with van der Waals surface area (Å²) in [5.74, 6) is -1.03. The molecular formula is C12H11F3N2O2S. The Morgan fingerprint density at radius 3 is 2.80 bits per heavy atom. The summed E-state index contributed by atoms with van der Waals surface area (Å²) in [6.45, 7) is 0.355. The molecule has 1 unspecified atom stereocenters. The van der Waals surface area contributed by atoms with E-state index in [1.165, 1.54) is 23.9 Å². The third-order valence-electron chi connectivity index (χ3n) is 2.62. The van der Waals surface area contributed by atoms with Crippen LogP contribution in [0, 0.1) is 0 Å². The van der Waals surface area contributed by atoms with Gasteiger partial charge < -0.3 is 10.6 Å². The Labute approximate surface area is 117 Å². The molecule has 0 spiro atoms. The molecule has 1 heterocycles. The van der Waals surface area contributed by atoms with Crippen molar-refractivity contribution < 1.29 is 22.8 Å². The molecule has 0 aliphatic carbocycles. The maximum Gasteiger partial charge on any atom is 0.405 e. The van der Waals surface area contributed by atoms with Gasteiger partial charge in [0.2, 0.25) is 5.91 Å². The number of benzene rings is 1. The highest BCUT2D eigenvalue weighted by Crippen LogP contribution is 2.35. The van der Waals surface area contributed by atoms with Crippen molar-refractivity contribution in [1.82, 2.24) is 5.32 Å².